The second-order valence-corrected chi connectivity index (χ2v) is 14.0. The Morgan fingerprint density at radius 3 is 2.19 bits per heavy atom. The van der Waals surface area contributed by atoms with E-state index in [4.69, 9.17) is 23.7 Å². The normalized spacial score (nSPS) is 40.4. The zero-order valence-electron chi connectivity index (χ0n) is 28.1. The Bertz CT molecular complexity index is 1040. The van der Waals surface area contributed by atoms with Gasteiger partial charge in [-0.25, -0.2) is 8.78 Å². The van der Waals surface area contributed by atoms with Gasteiger partial charge in [-0.15, -0.1) is 0 Å². The fourth-order valence-electron chi connectivity index (χ4n) is 7.43. The van der Waals surface area contributed by atoms with Gasteiger partial charge in [0.15, 0.2) is 18.9 Å². The lowest BCUT2D eigenvalue weighted by Gasteiger charge is -2.48. The van der Waals surface area contributed by atoms with E-state index in [9.17, 15) is 43.9 Å². The summed E-state index contributed by atoms with van der Waals surface area (Å²) in [5, 5.41) is 55.4. The molecule has 2 aliphatic heterocycles. The predicted molar refractivity (Wildman–Crippen MR) is 163 cm³/mol. The Labute approximate surface area is 280 Å². The lowest BCUT2D eigenvalue weighted by atomic mass is 9.84. The summed E-state index contributed by atoms with van der Waals surface area (Å²) in [4.78, 5) is 27.3. The zero-order chi connectivity index (χ0) is 35.3. The fraction of sp³-hybridized carbons (Fsp3) is 0.938. The van der Waals surface area contributed by atoms with E-state index in [0.717, 1.165) is 32.1 Å². The van der Waals surface area contributed by atoms with Crippen molar-refractivity contribution in [2.45, 2.75) is 152 Å². The van der Waals surface area contributed by atoms with Gasteiger partial charge in [-0.3, -0.25) is 9.59 Å². The van der Waals surface area contributed by atoms with Crippen molar-refractivity contribution in [1.82, 2.24) is 10.2 Å². The van der Waals surface area contributed by atoms with Gasteiger partial charge >= 0.3 is 0 Å². The van der Waals surface area contributed by atoms with E-state index in [0.29, 0.717) is 25.7 Å². The molecule has 4 aliphatic rings. The monoisotopic (exact) mass is 696 g/mol. The Morgan fingerprint density at radius 2 is 1.58 bits per heavy atom. The van der Waals surface area contributed by atoms with Crippen LogP contribution in [0.5, 0.6) is 0 Å². The lowest BCUT2D eigenvalue weighted by molar-refractivity contribution is -0.365. The first-order valence-electron chi connectivity index (χ1n) is 17.1. The molecule has 2 aliphatic carbocycles. The van der Waals surface area contributed by atoms with E-state index < -0.39 is 98.6 Å². The van der Waals surface area contributed by atoms with Crippen LogP contribution in [0.3, 0.4) is 0 Å². The molecule has 2 heterocycles. The number of nitrogens with one attached hydrogen (secondary N) is 1. The largest absolute Gasteiger partial charge is 0.394 e. The average molecular weight is 697 g/mol. The van der Waals surface area contributed by atoms with Crippen molar-refractivity contribution in [3.63, 3.8) is 0 Å². The SMILES string of the molecule is CC(=O)N[C@H]1[C@@H](O[C@@H]2CCCC(C)[C@H]2OC2OC(O)C(C(F)F)C(O)C2O)O[C@H](CO)[C@H](O)[C@@H]1O[C@@H](CC1CCCCC1)C(=O)N(C)C. The molecule has 48 heavy (non-hydrogen) atoms. The topological polar surface area (TPSA) is 197 Å². The van der Waals surface area contributed by atoms with Gasteiger partial charge in [0.1, 0.15) is 36.6 Å². The van der Waals surface area contributed by atoms with E-state index in [1.54, 1.807) is 14.1 Å². The van der Waals surface area contributed by atoms with Gasteiger partial charge in [0.2, 0.25) is 12.3 Å². The molecule has 0 radical (unpaired) electrons. The van der Waals surface area contributed by atoms with Gasteiger partial charge in [0.25, 0.3) is 5.91 Å². The summed E-state index contributed by atoms with van der Waals surface area (Å²) in [5.41, 5.74) is 0. The number of nitrogens with zero attached hydrogens (tertiary/aromatic N) is 1. The number of amides is 2. The predicted octanol–water partition coefficient (Wildman–Crippen LogP) is 0.250. The highest BCUT2D eigenvalue weighted by molar-refractivity contribution is 5.80. The minimum absolute atomic E-state index is 0.233. The highest BCUT2D eigenvalue weighted by atomic mass is 19.3. The van der Waals surface area contributed by atoms with Crippen molar-refractivity contribution < 1.29 is 67.6 Å². The van der Waals surface area contributed by atoms with E-state index in [1.807, 2.05) is 6.92 Å². The van der Waals surface area contributed by atoms with E-state index >= 15 is 0 Å². The van der Waals surface area contributed by atoms with Gasteiger partial charge in [-0.05, 0) is 31.1 Å². The summed E-state index contributed by atoms with van der Waals surface area (Å²) in [5.74, 6) is -2.85. The van der Waals surface area contributed by atoms with Gasteiger partial charge < -0.3 is 59.4 Å². The Balaban J connectivity index is 1.58. The van der Waals surface area contributed by atoms with Crippen LogP contribution in [0.15, 0.2) is 0 Å². The van der Waals surface area contributed by atoms with Crippen molar-refractivity contribution in [2.24, 2.45) is 17.8 Å². The number of carbonyl (C=O) groups excluding carboxylic acids is 2. The molecule has 2 saturated heterocycles. The maximum atomic E-state index is 13.4. The van der Waals surface area contributed by atoms with Crippen LogP contribution >= 0.6 is 0 Å². The minimum atomic E-state index is -3.16. The number of carbonyl (C=O) groups is 2. The Morgan fingerprint density at radius 1 is 0.896 bits per heavy atom. The molecule has 14 atom stereocenters. The molecule has 0 bridgehead atoms. The van der Waals surface area contributed by atoms with E-state index in [-0.39, 0.29) is 17.7 Å². The van der Waals surface area contributed by atoms with Gasteiger partial charge in [-0.1, -0.05) is 45.4 Å². The number of aliphatic hydroxyl groups excluding tert-OH is 5. The molecule has 4 fully saturated rings. The number of hydrogen-bond acceptors (Lipinski definition) is 12. The smallest absolute Gasteiger partial charge is 0.251 e. The van der Waals surface area contributed by atoms with E-state index in [2.05, 4.69) is 5.32 Å². The van der Waals surface area contributed by atoms with Gasteiger partial charge in [0.05, 0.1) is 30.8 Å². The minimum Gasteiger partial charge on any atom is -0.394 e. The molecular formula is C32H54F2N2O12. The second-order valence-electron chi connectivity index (χ2n) is 14.0. The highest BCUT2D eigenvalue weighted by Gasteiger charge is 2.53. The number of rotatable bonds is 12. The van der Waals surface area contributed by atoms with E-state index in [1.165, 1.54) is 11.8 Å². The molecule has 6 N–H and O–H groups in total. The molecule has 0 aromatic rings. The van der Waals surface area contributed by atoms with Crippen LogP contribution in [0.25, 0.3) is 0 Å². The molecule has 6 unspecified atom stereocenters. The third-order valence-corrected chi connectivity index (χ3v) is 10.1. The van der Waals surface area contributed by atoms with Crippen LogP contribution in [0.1, 0.15) is 71.6 Å². The van der Waals surface area contributed by atoms with Crippen LogP contribution in [0, 0.1) is 17.8 Å². The zero-order valence-corrected chi connectivity index (χ0v) is 28.1. The molecule has 14 nitrogen and oxygen atoms in total. The van der Waals surface area contributed by atoms with Crippen molar-refractivity contribution in [1.29, 1.82) is 0 Å². The summed E-state index contributed by atoms with van der Waals surface area (Å²) >= 11 is 0. The van der Waals surface area contributed by atoms with Gasteiger partial charge in [0, 0.05) is 21.0 Å². The first-order chi connectivity index (χ1) is 22.7. The molecule has 16 heteroatoms. The van der Waals surface area contributed by atoms with Crippen LogP contribution in [-0.4, -0.2) is 143 Å². The number of ether oxygens (including phenoxy) is 5. The lowest BCUT2D eigenvalue weighted by Crippen LogP contribution is -2.67. The summed E-state index contributed by atoms with van der Waals surface area (Å²) in [7, 11) is 3.22. The van der Waals surface area contributed by atoms with Crippen molar-refractivity contribution in [3.8, 4) is 0 Å². The average Bonchev–Trinajstić information content (AvgIpc) is 3.03. The van der Waals surface area contributed by atoms with Crippen LogP contribution in [0.4, 0.5) is 8.78 Å². The number of aliphatic hydroxyl groups is 5. The molecular weight excluding hydrogens is 642 g/mol. The van der Waals surface area contributed by atoms with Crippen LogP contribution in [0.2, 0.25) is 0 Å². The first kappa shape index (κ1) is 39.2. The molecule has 2 saturated carbocycles. The molecule has 278 valence electrons. The summed E-state index contributed by atoms with van der Waals surface area (Å²) in [6.07, 6.45) is -11.5. The fourth-order valence-corrected chi connectivity index (χ4v) is 7.43. The first-order valence-corrected chi connectivity index (χ1v) is 17.1. The third-order valence-electron chi connectivity index (χ3n) is 10.1. The summed E-state index contributed by atoms with van der Waals surface area (Å²) in [6.45, 7) is 2.47. The van der Waals surface area contributed by atoms with Crippen molar-refractivity contribution >= 4 is 11.8 Å². The number of alkyl halides is 2. The third kappa shape index (κ3) is 9.38. The Hall–Kier alpha value is -1.60. The molecule has 0 spiro atoms. The Kier molecular flexibility index (Phi) is 14.3. The van der Waals surface area contributed by atoms with Gasteiger partial charge in [-0.2, -0.15) is 0 Å². The maximum Gasteiger partial charge on any atom is 0.251 e. The summed E-state index contributed by atoms with van der Waals surface area (Å²) in [6, 6.07) is -1.14. The number of halogens is 2. The standard InChI is InChI=1S/C32H54F2N2O12/c1-15-9-8-12-18(26(15)47-32-25(41)24(40)21(28(33)34)30(43)48-32)45-31-22(35-16(2)38)27(23(39)20(14-37)46-31)44-19(29(42)36(3)4)13-17-10-6-5-7-11-17/h15,17-28,30-32,37,39-41,43H,5-14H2,1-4H3,(H,35,38)/t15?,18-,19+,20-,21?,22-,23+,24?,25?,26-,27-,30?,31+,32?/m1/s1. The highest BCUT2D eigenvalue weighted by Crippen LogP contribution is 2.37. The second kappa shape index (κ2) is 17.6. The summed E-state index contributed by atoms with van der Waals surface area (Å²) < 4.78 is 56.9. The van der Waals surface area contributed by atoms with Crippen LogP contribution < -0.4 is 5.32 Å². The molecule has 0 aromatic carbocycles. The van der Waals surface area contributed by atoms with Crippen molar-refractivity contribution in [3.05, 3.63) is 0 Å². The van der Waals surface area contributed by atoms with Crippen molar-refractivity contribution in [2.75, 3.05) is 20.7 Å². The maximum absolute atomic E-state index is 13.4. The van der Waals surface area contributed by atoms with Crippen LogP contribution in [-0.2, 0) is 33.3 Å². The number of likely N-dealkylation sites (N-methyl/N-ethyl adjacent to an activating group) is 1. The quantitative estimate of drug-likeness (QED) is 0.163. The number of hydrogen-bond donors (Lipinski definition) is 6. The molecule has 2 amide bonds. The molecule has 4 rings (SSSR count). The molecule has 0 aromatic heterocycles.